The Kier molecular flexibility index (Phi) is 7.34. The number of carbonyl (C=O) groups is 2. The zero-order valence-electron chi connectivity index (χ0n) is 13.8. The molecule has 1 atom stereocenters. The zero-order chi connectivity index (χ0) is 17.4. The van der Waals surface area contributed by atoms with Gasteiger partial charge in [-0.05, 0) is 31.5 Å². The largest absolute Gasteiger partial charge is 0.493 e. The fourth-order valence-electron chi connectivity index (χ4n) is 1.97. The van der Waals surface area contributed by atoms with Gasteiger partial charge in [-0.25, -0.2) is 0 Å². The molecule has 1 unspecified atom stereocenters. The second-order valence-corrected chi connectivity index (χ2v) is 5.19. The number of carboxylic acids is 1. The van der Waals surface area contributed by atoms with Gasteiger partial charge in [0.15, 0.2) is 11.5 Å². The highest BCUT2D eigenvalue weighted by Crippen LogP contribution is 2.30. The van der Waals surface area contributed by atoms with E-state index in [4.69, 9.17) is 19.3 Å². The molecule has 1 aromatic carbocycles. The van der Waals surface area contributed by atoms with Crippen molar-refractivity contribution in [3.8, 4) is 11.5 Å². The SMILES string of the molecule is COc1ccc(C(CC(=O)O)NC(=O)COC(C)C)cc1OC. The van der Waals surface area contributed by atoms with Gasteiger partial charge in [-0.2, -0.15) is 0 Å². The molecule has 0 aromatic heterocycles. The number of ether oxygens (including phenoxy) is 3. The molecule has 0 spiro atoms. The molecule has 1 aromatic rings. The van der Waals surface area contributed by atoms with Crippen molar-refractivity contribution in [1.82, 2.24) is 5.32 Å². The Labute approximate surface area is 135 Å². The van der Waals surface area contributed by atoms with Crippen LogP contribution in [0.25, 0.3) is 0 Å². The molecule has 1 amide bonds. The van der Waals surface area contributed by atoms with Crippen molar-refractivity contribution in [2.45, 2.75) is 32.4 Å². The Morgan fingerprint density at radius 1 is 1.17 bits per heavy atom. The van der Waals surface area contributed by atoms with Crippen LogP contribution >= 0.6 is 0 Å². The summed E-state index contributed by atoms with van der Waals surface area (Å²) >= 11 is 0. The summed E-state index contributed by atoms with van der Waals surface area (Å²) in [5.74, 6) is -0.401. The second kappa shape index (κ2) is 8.99. The molecule has 7 nitrogen and oxygen atoms in total. The van der Waals surface area contributed by atoms with E-state index in [9.17, 15) is 9.59 Å². The Morgan fingerprint density at radius 2 is 1.83 bits per heavy atom. The number of rotatable bonds is 9. The maximum atomic E-state index is 11.9. The lowest BCUT2D eigenvalue weighted by Crippen LogP contribution is -2.33. The molecule has 128 valence electrons. The van der Waals surface area contributed by atoms with Crippen molar-refractivity contribution in [3.05, 3.63) is 23.8 Å². The van der Waals surface area contributed by atoms with Crippen LogP contribution in [-0.2, 0) is 14.3 Å². The second-order valence-electron chi connectivity index (χ2n) is 5.19. The van der Waals surface area contributed by atoms with Gasteiger partial charge in [0.25, 0.3) is 0 Å². The van der Waals surface area contributed by atoms with E-state index in [0.717, 1.165) is 0 Å². The van der Waals surface area contributed by atoms with Gasteiger partial charge in [0, 0.05) is 0 Å². The first-order valence-corrected chi connectivity index (χ1v) is 7.22. The van der Waals surface area contributed by atoms with E-state index in [2.05, 4.69) is 5.32 Å². The molecule has 0 fully saturated rings. The topological polar surface area (TPSA) is 94.1 Å². The summed E-state index contributed by atoms with van der Waals surface area (Å²) in [4.78, 5) is 23.0. The zero-order valence-corrected chi connectivity index (χ0v) is 13.8. The van der Waals surface area contributed by atoms with E-state index >= 15 is 0 Å². The van der Waals surface area contributed by atoms with Gasteiger partial charge < -0.3 is 24.6 Å². The fourth-order valence-corrected chi connectivity index (χ4v) is 1.97. The average Bonchev–Trinajstić information content (AvgIpc) is 2.51. The van der Waals surface area contributed by atoms with Crippen molar-refractivity contribution in [2.75, 3.05) is 20.8 Å². The summed E-state index contributed by atoms with van der Waals surface area (Å²) in [6, 6.07) is 4.32. The highest BCUT2D eigenvalue weighted by Gasteiger charge is 2.20. The van der Waals surface area contributed by atoms with Gasteiger partial charge in [0.1, 0.15) is 6.61 Å². The van der Waals surface area contributed by atoms with E-state index < -0.39 is 12.0 Å². The Morgan fingerprint density at radius 3 is 2.35 bits per heavy atom. The van der Waals surface area contributed by atoms with Gasteiger partial charge in [-0.1, -0.05) is 6.07 Å². The number of carboxylic acid groups (broad SMARTS) is 1. The molecule has 7 heteroatoms. The van der Waals surface area contributed by atoms with Gasteiger partial charge in [0.2, 0.25) is 5.91 Å². The summed E-state index contributed by atoms with van der Waals surface area (Å²) in [5.41, 5.74) is 0.614. The van der Waals surface area contributed by atoms with Crippen LogP contribution in [0, 0.1) is 0 Å². The van der Waals surface area contributed by atoms with Crippen molar-refractivity contribution in [3.63, 3.8) is 0 Å². The van der Waals surface area contributed by atoms with Crippen LogP contribution in [0.1, 0.15) is 31.9 Å². The summed E-state index contributed by atoms with van der Waals surface area (Å²) in [7, 11) is 3.00. The van der Waals surface area contributed by atoms with Crippen molar-refractivity contribution < 1.29 is 28.9 Å². The number of amides is 1. The molecular weight excluding hydrogens is 302 g/mol. The maximum Gasteiger partial charge on any atom is 0.305 e. The molecule has 0 bridgehead atoms. The van der Waals surface area contributed by atoms with Crippen LogP contribution < -0.4 is 14.8 Å². The standard InChI is InChI=1S/C16H23NO6/c1-10(2)23-9-15(18)17-12(8-16(19)20)11-5-6-13(21-3)14(7-11)22-4/h5-7,10,12H,8-9H2,1-4H3,(H,17,18)(H,19,20). The summed E-state index contributed by atoms with van der Waals surface area (Å²) in [6.45, 7) is 3.51. The molecule has 0 radical (unpaired) electrons. The molecule has 23 heavy (non-hydrogen) atoms. The first-order valence-electron chi connectivity index (χ1n) is 7.22. The smallest absolute Gasteiger partial charge is 0.305 e. The van der Waals surface area contributed by atoms with E-state index in [-0.39, 0.29) is 25.0 Å². The predicted octanol–water partition coefficient (Wildman–Crippen LogP) is 1.76. The monoisotopic (exact) mass is 325 g/mol. The lowest BCUT2D eigenvalue weighted by atomic mass is 10.0. The van der Waals surface area contributed by atoms with Gasteiger partial charge >= 0.3 is 5.97 Å². The summed E-state index contributed by atoms with van der Waals surface area (Å²) < 4.78 is 15.6. The summed E-state index contributed by atoms with van der Waals surface area (Å²) in [5, 5.41) is 11.7. The quantitative estimate of drug-likeness (QED) is 0.718. The van der Waals surface area contributed by atoms with E-state index in [0.29, 0.717) is 17.1 Å². The van der Waals surface area contributed by atoms with E-state index in [1.165, 1.54) is 14.2 Å². The highest BCUT2D eigenvalue weighted by molar-refractivity contribution is 5.79. The van der Waals surface area contributed by atoms with Gasteiger partial charge in [-0.15, -0.1) is 0 Å². The molecule has 0 aliphatic carbocycles. The van der Waals surface area contributed by atoms with Crippen LogP contribution in [0.3, 0.4) is 0 Å². The predicted molar refractivity (Wildman–Crippen MR) is 83.8 cm³/mol. The first kappa shape index (κ1) is 18.8. The first-order chi connectivity index (χ1) is 10.9. The number of nitrogens with one attached hydrogen (secondary N) is 1. The van der Waals surface area contributed by atoms with Gasteiger partial charge in [-0.3, -0.25) is 9.59 Å². The van der Waals surface area contributed by atoms with Crippen molar-refractivity contribution >= 4 is 11.9 Å². The molecule has 0 aliphatic heterocycles. The van der Waals surface area contributed by atoms with Crippen LogP contribution in [-0.4, -0.2) is 43.9 Å². The lowest BCUT2D eigenvalue weighted by Gasteiger charge is -2.19. The molecule has 2 N–H and O–H groups in total. The molecule has 0 aliphatic rings. The minimum Gasteiger partial charge on any atom is -0.493 e. The molecular formula is C16H23NO6. The normalized spacial score (nSPS) is 11.9. The number of aliphatic carboxylic acids is 1. The molecule has 0 heterocycles. The third-order valence-corrected chi connectivity index (χ3v) is 3.07. The van der Waals surface area contributed by atoms with Crippen LogP contribution in [0.4, 0.5) is 0 Å². The van der Waals surface area contributed by atoms with Gasteiger partial charge in [0.05, 0.1) is 32.8 Å². The number of hydrogen-bond donors (Lipinski definition) is 2. The summed E-state index contributed by atoms with van der Waals surface area (Å²) in [6.07, 6.45) is -0.331. The fraction of sp³-hybridized carbons (Fsp3) is 0.500. The van der Waals surface area contributed by atoms with E-state index in [1.807, 2.05) is 13.8 Å². The molecule has 1 rings (SSSR count). The Hall–Kier alpha value is -2.28. The Bertz CT molecular complexity index is 543. The Balaban J connectivity index is 2.93. The van der Waals surface area contributed by atoms with Crippen molar-refractivity contribution in [1.29, 1.82) is 0 Å². The van der Waals surface area contributed by atoms with Crippen molar-refractivity contribution in [2.24, 2.45) is 0 Å². The van der Waals surface area contributed by atoms with E-state index in [1.54, 1.807) is 18.2 Å². The highest BCUT2D eigenvalue weighted by atomic mass is 16.5. The third-order valence-electron chi connectivity index (χ3n) is 3.07. The lowest BCUT2D eigenvalue weighted by molar-refractivity contribution is -0.138. The third kappa shape index (κ3) is 6.15. The van der Waals surface area contributed by atoms with Crippen LogP contribution in [0.5, 0.6) is 11.5 Å². The minimum absolute atomic E-state index is 0.0836. The minimum atomic E-state index is -1.02. The number of hydrogen-bond acceptors (Lipinski definition) is 5. The molecule has 0 saturated carbocycles. The maximum absolute atomic E-state index is 11.9. The van der Waals surface area contributed by atoms with Crippen LogP contribution in [0.2, 0.25) is 0 Å². The number of benzene rings is 1. The average molecular weight is 325 g/mol. The molecule has 0 saturated heterocycles. The number of carbonyl (C=O) groups excluding carboxylic acids is 1. The van der Waals surface area contributed by atoms with Crippen LogP contribution in [0.15, 0.2) is 18.2 Å². The number of methoxy groups -OCH3 is 2.